The third-order valence-corrected chi connectivity index (χ3v) is 4.38. The minimum atomic E-state index is -0.661. The summed E-state index contributed by atoms with van der Waals surface area (Å²) < 4.78 is 0. The van der Waals surface area contributed by atoms with Crippen LogP contribution in [0.5, 0.6) is 0 Å². The molecule has 2 rings (SSSR count). The molecule has 3 nitrogen and oxygen atoms in total. The van der Waals surface area contributed by atoms with Gasteiger partial charge in [-0.3, -0.25) is 9.69 Å². The van der Waals surface area contributed by atoms with Crippen molar-refractivity contribution in [3.05, 3.63) is 35.9 Å². The molecule has 1 aromatic carbocycles. The molecule has 0 amide bonds. The number of rotatable bonds is 6. The van der Waals surface area contributed by atoms with Crippen molar-refractivity contribution in [2.45, 2.75) is 51.5 Å². The molecule has 116 valence electrons. The third kappa shape index (κ3) is 4.57. The summed E-state index contributed by atoms with van der Waals surface area (Å²) in [6.45, 7) is 6.25. The molecule has 0 aliphatic carbocycles. The second kappa shape index (κ2) is 7.60. The van der Waals surface area contributed by atoms with Crippen LogP contribution in [-0.2, 0) is 4.79 Å². The van der Waals surface area contributed by atoms with Gasteiger partial charge in [0.15, 0.2) is 0 Å². The summed E-state index contributed by atoms with van der Waals surface area (Å²) in [6, 6.07) is 10.2. The third-order valence-electron chi connectivity index (χ3n) is 4.38. The summed E-state index contributed by atoms with van der Waals surface area (Å²) in [7, 11) is 0. The predicted molar refractivity (Wildman–Crippen MR) is 85.5 cm³/mol. The smallest absolute Gasteiger partial charge is 0.320 e. The van der Waals surface area contributed by atoms with Gasteiger partial charge in [-0.2, -0.15) is 0 Å². The van der Waals surface area contributed by atoms with E-state index in [1.165, 1.54) is 5.56 Å². The highest BCUT2D eigenvalue weighted by atomic mass is 16.4. The number of hydrogen-bond acceptors (Lipinski definition) is 2. The van der Waals surface area contributed by atoms with Gasteiger partial charge in [0.2, 0.25) is 0 Å². The fraction of sp³-hybridized carbons (Fsp3) is 0.611. The Morgan fingerprint density at radius 1 is 1.29 bits per heavy atom. The maximum atomic E-state index is 11.5. The second-order valence-corrected chi connectivity index (χ2v) is 6.58. The molecule has 2 atom stereocenters. The summed E-state index contributed by atoms with van der Waals surface area (Å²) in [6.07, 6.45) is 4.05. The molecule has 1 N–H and O–H groups in total. The Morgan fingerprint density at radius 3 is 2.62 bits per heavy atom. The first kappa shape index (κ1) is 16.0. The van der Waals surface area contributed by atoms with Crippen molar-refractivity contribution in [1.82, 2.24) is 4.90 Å². The van der Waals surface area contributed by atoms with E-state index in [4.69, 9.17) is 0 Å². The van der Waals surface area contributed by atoms with E-state index in [1.54, 1.807) is 0 Å². The number of carbonyl (C=O) groups is 1. The first-order valence-electron chi connectivity index (χ1n) is 8.09. The van der Waals surface area contributed by atoms with Crippen LogP contribution in [0.3, 0.4) is 0 Å². The number of nitrogens with zero attached hydrogens (tertiary/aromatic N) is 1. The number of carboxylic acids is 1. The first-order chi connectivity index (χ1) is 10.1. The number of likely N-dealkylation sites (tertiary alicyclic amines) is 1. The maximum Gasteiger partial charge on any atom is 0.320 e. The van der Waals surface area contributed by atoms with Crippen LogP contribution >= 0.6 is 0 Å². The predicted octanol–water partition coefficient (Wildman–Crippen LogP) is 3.76. The molecule has 0 spiro atoms. The van der Waals surface area contributed by atoms with Crippen molar-refractivity contribution in [3.63, 3.8) is 0 Å². The summed E-state index contributed by atoms with van der Waals surface area (Å²) in [5, 5.41) is 9.43. The topological polar surface area (TPSA) is 40.5 Å². The van der Waals surface area contributed by atoms with Crippen molar-refractivity contribution in [3.8, 4) is 0 Å². The van der Waals surface area contributed by atoms with Gasteiger partial charge in [-0.25, -0.2) is 0 Å². The average molecular weight is 289 g/mol. The summed E-state index contributed by atoms with van der Waals surface area (Å²) in [5.41, 5.74) is 1.33. The van der Waals surface area contributed by atoms with Crippen molar-refractivity contribution in [2.24, 2.45) is 5.92 Å². The molecular weight excluding hydrogens is 262 g/mol. The van der Waals surface area contributed by atoms with Gasteiger partial charge in [0.25, 0.3) is 0 Å². The Balaban J connectivity index is 2.12. The van der Waals surface area contributed by atoms with Crippen LogP contribution in [-0.4, -0.2) is 35.1 Å². The Bertz CT molecular complexity index is 444. The van der Waals surface area contributed by atoms with Crippen LogP contribution in [0.25, 0.3) is 0 Å². The maximum absolute atomic E-state index is 11.5. The molecule has 1 aliphatic rings. The van der Waals surface area contributed by atoms with E-state index >= 15 is 0 Å². The van der Waals surface area contributed by atoms with Gasteiger partial charge in [0.1, 0.15) is 6.04 Å². The lowest BCUT2D eigenvalue weighted by atomic mass is 9.88. The molecule has 0 saturated carbocycles. The molecule has 1 heterocycles. The molecule has 1 fully saturated rings. The van der Waals surface area contributed by atoms with Gasteiger partial charge < -0.3 is 5.11 Å². The zero-order valence-corrected chi connectivity index (χ0v) is 13.2. The summed E-state index contributed by atoms with van der Waals surface area (Å²) in [4.78, 5) is 13.6. The highest BCUT2D eigenvalue weighted by molar-refractivity contribution is 5.73. The van der Waals surface area contributed by atoms with Gasteiger partial charge in [-0.15, -0.1) is 0 Å². The molecule has 21 heavy (non-hydrogen) atoms. The largest absolute Gasteiger partial charge is 0.480 e. The number of carboxylic acid groups (broad SMARTS) is 1. The lowest BCUT2D eigenvalue weighted by Crippen LogP contribution is -2.46. The quantitative estimate of drug-likeness (QED) is 0.867. The van der Waals surface area contributed by atoms with Gasteiger partial charge in [-0.1, -0.05) is 50.6 Å². The standard InChI is InChI=1S/C18H27NO2/c1-14(2)12-16(15-8-4-3-5-9-15)13-19-11-7-6-10-17(19)18(20)21/h3-5,8-9,14,16-17H,6-7,10-13H2,1-2H3,(H,20,21). The SMILES string of the molecule is CC(C)CC(CN1CCCCC1C(=O)O)c1ccccc1. The molecule has 1 saturated heterocycles. The second-order valence-electron chi connectivity index (χ2n) is 6.58. The van der Waals surface area contributed by atoms with Crippen molar-refractivity contribution >= 4 is 5.97 Å². The highest BCUT2D eigenvalue weighted by Gasteiger charge is 2.30. The molecule has 3 heteroatoms. The number of benzene rings is 1. The van der Waals surface area contributed by atoms with E-state index < -0.39 is 5.97 Å². The van der Waals surface area contributed by atoms with E-state index in [2.05, 4.69) is 43.0 Å². The minimum absolute atomic E-state index is 0.294. The Kier molecular flexibility index (Phi) is 5.80. The summed E-state index contributed by atoms with van der Waals surface area (Å²) in [5.74, 6) is 0.375. The molecule has 0 bridgehead atoms. The highest BCUT2D eigenvalue weighted by Crippen LogP contribution is 2.28. The van der Waals surface area contributed by atoms with E-state index in [0.717, 1.165) is 38.8 Å². The minimum Gasteiger partial charge on any atom is -0.480 e. The van der Waals surface area contributed by atoms with Gasteiger partial charge in [0, 0.05) is 6.54 Å². The molecule has 1 aromatic rings. The van der Waals surface area contributed by atoms with Crippen LogP contribution in [0.4, 0.5) is 0 Å². The molecular formula is C18H27NO2. The fourth-order valence-corrected chi connectivity index (χ4v) is 3.38. The van der Waals surface area contributed by atoms with Gasteiger partial charge in [-0.05, 0) is 43.2 Å². The van der Waals surface area contributed by atoms with Crippen molar-refractivity contribution in [1.29, 1.82) is 0 Å². The molecule has 0 radical (unpaired) electrons. The van der Waals surface area contributed by atoms with Crippen LogP contribution in [0.15, 0.2) is 30.3 Å². The van der Waals surface area contributed by atoms with Crippen LogP contribution in [0.1, 0.15) is 51.0 Å². The average Bonchev–Trinajstić information content (AvgIpc) is 2.47. The molecule has 0 aromatic heterocycles. The Labute approximate surface area is 128 Å². The Morgan fingerprint density at radius 2 is 2.00 bits per heavy atom. The van der Waals surface area contributed by atoms with E-state index in [-0.39, 0.29) is 6.04 Å². The number of piperidine rings is 1. The normalized spacial score (nSPS) is 21.4. The first-order valence-corrected chi connectivity index (χ1v) is 8.09. The summed E-state index contributed by atoms with van der Waals surface area (Å²) >= 11 is 0. The number of aliphatic carboxylic acids is 1. The zero-order valence-electron chi connectivity index (χ0n) is 13.2. The lowest BCUT2D eigenvalue weighted by Gasteiger charge is -2.36. The lowest BCUT2D eigenvalue weighted by molar-refractivity contribution is -0.144. The molecule has 2 unspecified atom stereocenters. The van der Waals surface area contributed by atoms with Crippen LogP contribution in [0.2, 0.25) is 0 Å². The Hall–Kier alpha value is -1.35. The molecule has 1 aliphatic heterocycles. The van der Waals surface area contributed by atoms with E-state index in [0.29, 0.717) is 11.8 Å². The number of hydrogen-bond donors (Lipinski definition) is 1. The van der Waals surface area contributed by atoms with E-state index in [9.17, 15) is 9.90 Å². The van der Waals surface area contributed by atoms with Gasteiger partial charge in [0.05, 0.1) is 0 Å². The fourth-order valence-electron chi connectivity index (χ4n) is 3.38. The van der Waals surface area contributed by atoms with E-state index in [1.807, 2.05) is 6.07 Å². The zero-order chi connectivity index (χ0) is 15.2. The van der Waals surface area contributed by atoms with Crippen molar-refractivity contribution < 1.29 is 9.90 Å². The van der Waals surface area contributed by atoms with Gasteiger partial charge >= 0.3 is 5.97 Å². The van der Waals surface area contributed by atoms with Crippen LogP contribution < -0.4 is 0 Å². The van der Waals surface area contributed by atoms with Crippen LogP contribution in [0, 0.1) is 5.92 Å². The van der Waals surface area contributed by atoms with Crippen molar-refractivity contribution in [2.75, 3.05) is 13.1 Å². The monoisotopic (exact) mass is 289 g/mol.